The second-order valence-electron chi connectivity index (χ2n) is 8.18. The summed E-state index contributed by atoms with van der Waals surface area (Å²) in [5.41, 5.74) is 0.360. The Bertz CT molecular complexity index is 1330. The molecule has 2 atom stereocenters. The van der Waals surface area contributed by atoms with Gasteiger partial charge in [-0.3, -0.25) is 14.5 Å². The van der Waals surface area contributed by atoms with E-state index in [0.717, 1.165) is 16.7 Å². The van der Waals surface area contributed by atoms with Crippen LogP contribution in [0, 0.1) is 0 Å². The maximum absolute atomic E-state index is 13.1. The van der Waals surface area contributed by atoms with Crippen molar-refractivity contribution in [3.63, 3.8) is 0 Å². The van der Waals surface area contributed by atoms with Gasteiger partial charge in [0.2, 0.25) is 0 Å². The van der Waals surface area contributed by atoms with Crippen molar-refractivity contribution < 1.29 is 41.2 Å². The first-order chi connectivity index (χ1) is 18.2. The number of para-hydroxylation sites is 1. The molecule has 2 heterocycles. The largest absolute Gasteiger partial charge is 0.497 e. The van der Waals surface area contributed by atoms with Crippen molar-refractivity contribution in [3.05, 3.63) is 71.6 Å². The maximum atomic E-state index is 13.1. The van der Waals surface area contributed by atoms with Gasteiger partial charge >= 0.3 is 16.1 Å². The molecule has 0 aromatic heterocycles. The summed E-state index contributed by atoms with van der Waals surface area (Å²) in [6, 6.07) is 14.6. The molecule has 2 aliphatic heterocycles. The zero-order valence-electron chi connectivity index (χ0n) is 20.6. The van der Waals surface area contributed by atoms with Crippen LogP contribution < -0.4 is 14.8 Å². The fourth-order valence-electron chi connectivity index (χ4n) is 3.68. The molecule has 4 rings (SSSR count). The lowest BCUT2D eigenvalue weighted by Crippen LogP contribution is -2.71. The highest BCUT2D eigenvalue weighted by atomic mass is 32.2. The van der Waals surface area contributed by atoms with Crippen LogP contribution in [0.1, 0.15) is 12.5 Å². The summed E-state index contributed by atoms with van der Waals surface area (Å²) in [6.45, 7) is 0.964. The first-order valence-corrected chi connectivity index (χ1v) is 14.2. The van der Waals surface area contributed by atoms with Crippen molar-refractivity contribution in [1.29, 1.82) is 0 Å². The Balaban J connectivity index is 1.47. The minimum absolute atomic E-state index is 0.0203. The highest BCUT2D eigenvalue weighted by molar-refractivity contribution is 8.00. The summed E-state index contributed by atoms with van der Waals surface area (Å²) in [4.78, 5) is 39.7. The van der Waals surface area contributed by atoms with E-state index < -0.39 is 39.3 Å². The molecule has 11 nitrogen and oxygen atoms in total. The second kappa shape index (κ2) is 11.8. The van der Waals surface area contributed by atoms with E-state index in [2.05, 4.69) is 5.32 Å². The lowest BCUT2D eigenvalue weighted by Gasteiger charge is -2.49. The number of hydrogen-bond donors (Lipinski definition) is 1. The molecule has 1 fully saturated rings. The minimum Gasteiger partial charge on any atom is -0.497 e. The van der Waals surface area contributed by atoms with Gasteiger partial charge in [0.05, 0.1) is 18.6 Å². The van der Waals surface area contributed by atoms with Crippen LogP contribution >= 0.6 is 11.8 Å². The molecule has 2 aromatic carbocycles. The summed E-state index contributed by atoms with van der Waals surface area (Å²) in [5, 5.41) is 1.97. The summed E-state index contributed by atoms with van der Waals surface area (Å²) < 4.78 is 45.4. The average molecular weight is 563 g/mol. The third-order valence-corrected chi connectivity index (χ3v) is 8.08. The molecule has 0 spiro atoms. The first-order valence-electron chi connectivity index (χ1n) is 11.6. The monoisotopic (exact) mass is 562 g/mol. The summed E-state index contributed by atoms with van der Waals surface area (Å²) in [5.74, 6) is -1.45. The van der Waals surface area contributed by atoms with Crippen LogP contribution in [0.25, 0.3) is 0 Å². The average Bonchev–Trinajstić information content (AvgIpc) is 2.93. The number of amides is 2. The zero-order chi connectivity index (χ0) is 27.3. The molecule has 38 heavy (non-hydrogen) atoms. The summed E-state index contributed by atoms with van der Waals surface area (Å²) >= 11 is 1.16. The fourth-order valence-corrected chi connectivity index (χ4v) is 5.57. The second-order valence-corrected chi connectivity index (χ2v) is 11.1. The molecule has 1 N–H and O–H groups in total. The van der Waals surface area contributed by atoms with Crippen molar-refractivity contribution in [2.24, 2.45) is 0 Å². The van der Waals surface area contributed by atoms with Crippen molar-refractivity contribution >= 4 is 39.7 Å². The number of nitrogens with one attached hydrogen (secondary N) is 1. The highest BCUT2D eigenvalue weighted by Crippen LogP contribution is 2.41. The van der Waals surface area contributed by atoms with Crippen LogP contribution in [-0.4, -0.2) is 67.7 Å². The third-order valence-electron chi connectivity index (χ3n) is 5.67. The summed E-state index contributed by atoms with van der Waals surface area (Å²) in [6.07, 6.45) is 0. The molecule has 0 saturated carbocycles. The molecular weight excluding hydrogens is 536 g/mol. The molecule has 1 unspecified atom stereocenters. The van der Waals surface area contributed by atoms with Crippen LogP contribution in [0.2, 0.25) is 0 Å². The van der Waals surface area contributed by atoms with Crippen molar-refractivity contribution in [2.75, 3.05) is 25.2 Å². The normalized spacial score (nSPS) is 18.7. The van der Waals surface area contributed by atoms with Gasteiger partial charge in [-0.25, -0.2) is 4.79 Å². The molecule has 2 aromatic rings. The molecule has 0 bridgehead atoms. The molecule has 0 radical (unpaired) electrons. The standard InChI is InChI=1S/C25H26N2O9S2/c1-3-38(31,32)36-19-15-37-24-21(26-20(28)14-34-18-7-5-4-6-8-18)23(29)27(24)22(19)25(30)35-13-16-9-11-17(33-2)12-10-16/h4-12,21,24H,3,13-15H2,1-2H3,(H,26,28)/t21?,24-/m1/s1. The smallest absolute Gasteiger partial charge is 0.359 e. The van der Waals surface area contributed by atoms with E-state index in [4.69, 9.17) is 18.4 Å². The zero-order valence-corrected chi connectivity index (χ0v) is 22.3. The topological polar surface area (TPSA) is 138 Å². The van der Waals surface area contributed by atoms with Crippen LogP contribution in [0.5, 0.6) is 11.5 Å². The van der Waals surface area contributed by atoms with Gasteiger partial charge in [-0.05, 0) is 36.8 Å². The quantitative estimate of drug-likeness (QED) is 0.245. The fraction of sp³-hybridized carbons (Fsp3) is 0.320. The van der Waals surface area contributed by atoms with E-state index in [9.17, 15) is 22.8 Å². The number of nitrogens with zero attached hydrogens (tertiary/aromatic N) is 1. The number of rotatable bonds is 11. The number of carbonyl (C=O) groups excluding carboxylic acids is 3. The van der Waals surface area contributed by atoms with E-state index in [1.54, 1.807) is 48.5 Å². The third kappa shape index (κ3) is 6.22. The van der Waals surface area contributed by atoms with E-state index in [-0.39, 0.29) is 36.2 Å². The number of benzene rings is 2. The van der Waals surface area contributed by atoms with Crippen LogP contribution in [-0.2, 0) is 40.0 Å². The number of β-lactam (4-membered cyclic amide) rings is 1. The van der Waals surface area contributed by atoms with E-state index in [1.807, 2.05) is 6.07 Å². The molecule has 13 heteroatoms. The van der Waals surface area contributed by atoms with Gasteiger partial charge in [0.15, 0.2) is 18.1 Å². The van der Waals surface area contributed by atoms with Gasteiger partial charge in [-0.1, -0.05) is 30.3 Å². The first kappa shape index (κ1) is 27.3. The van der Waals surface area contributed by atoms with Gasteiger partial charge in [0.25, 0.3) is 11.8 Å². The number of hydrogen-bond acceptors (Lipinski definition) is 10. The predicted octanol–water partition coefficient (Wildman–Crippen LogP) is 1.80. The van der Waals surface area contributed by atoms with Crippen molar-refractivity contribution in [2.45, 2.75) is 24.9 Å². The summed E-state index contributed by atoms with van der Waals surface area (Å²) in [7, 11) is -2.45. The van der Waals surface area contributed by atoms with Gasteiger partial charge in [-0.2, -0.15) is 8.42 Å². The Morgan fingerprint density at radius 1 is 1.08 bits per heavy atom. The number of carbonyl (C=O) groups is 3. The SMILES string of the molecule is CCS(=O)(=O)OC1=C(C(=O)OCc2ccc(OC)cc2)N2C(=O)C(NC(=O)COc3ccccc3)[C@H]2SC1. The number of ether oxygens (including phenoxy) is 3. The minimum atomic E-state index is -3.98. The Kier molecular flexibility index (Phi) is 8.47. The molecule has 2 aliphatic rings. The lowest BCUT2D eigenvalue weighted by molar-refractivity contribution is -0.154. The van der Waals surface area contributed by atoms with Gasteiger partial charge in [0, 0.05) is 0 Å². The molecule has 0 aliphatic carbocycles. The van der Waals surface area contributed by atoms with E-state index in [1.165, 1.54) is 14.0 Å². The van der Waals surface area contributed by atoms with Gasteiger partial charge in [-0.15, -0.1) is 11.8 Å². The van der Waals surface area contributed by atoms with Crippen molar-refractivity contribution in [1.82, 2.24) is 10.2 Å². The van der Waals surface area contributed by atoms with Crippen LogP contribution in [0.15, 0.2) is 66.1 Å². The number of esters is 1. The Hall–Kier alpha value is -3.71. The molecule has 2 amide bonds. The Morgan fingerprint density at radius 2 is 1.79 bits per heavy atom. The number of thioether (sulfide) groups is 1. The Morgan fingerprint density at radius 3 is 2.45 bits per heavy atom. The van der Waals surface area contributed by atoms with E-state index in [0.29, 0.717) is 17.1 Å². The van der Waals surface area contributed by atoms with Gasteiger partial charge in [0.1, 0.15) is 29.5 Å². The molecule has 1 saturated heterocycles. The van der Waals surface area contributed by atoms with Crippen molar-refractivity contribution in [3.8, 4) is 11.5 Å². The highest BCUT2D eigenvalue weighted by Gasteiger charge is 2.55. The number of fused-ring (bicyclic) bond motifs is 1. The lowest BCUT2D eigenvalue weighted by atomic mass is 10.0. The van der Waals surface area contributed by atoms with E-state index >= 15 is 0 Å². The Labute approximate surface area is 224 Å². The van der Waals surface area contributed by atoms with Gasteiger partial charge < -0.3 is 23.7 Å². The van der Waals surface area contributed by atoms with Crippen LogP contribution in [0.3, 0.4) is 0 Å². The number of methoxy groups -OCH3 is 1. The van der Waals surface area contributed by atoms with Crippen LogP contribution in [0.4, 0.5) is 0 Å². The molecule has 202 valence electrons. The molecular formula is C25H26N2O9S2. The predicted molar refractivity (Wildman–Crippen MR) is 137 cm³/mol. The maximum Gasteiger partial charge on any atom is 0.359 e.